The molecule has 0 aromatic heterocycles. The first-order valence-corrected chi connectivity index (χ1v) is 12.1. The Labute approximate surface area is 204 Å². The van der Waals surface area contributed by atoms with Crippen molar-refractivity contribution >= 4 is 38.5 Å². The van der Waals surface area contributed by atoms with Crippen LogP contribution in [0.2, 0.25) is 0 Å². The van der Waals surface area contributed by atoms with Crippen LogP contribution in [-0.4, -0.2) is 35.9 Å². The van der Waals surface area contributed by atoms with Crippen molar-refractivity contribution in [1.29, 1.82) is 0 Å². The minimum Gasteiger partial charge on any atom is -0.483 e. The fourth-order valence-corrected chi connectivity index (χ4v) is 4.28. The molecule has 3 aromatic carbocycles. The largest absolute Gasteiger partial charge is 0.483 e. The van der Waals surface area contributed by atoms with Crippen molar-refractivity contribution in [3.05, 3.63) is 76.3 Å². The Hall–Kier alpha value is -2.86. The third-order valence-electron chi connectivity index (χ3n) is 5.61. The van der Waals surface area contributed by atoms with Gasteiger partial charge < -0.3 is 15.0 Å². The second-order valence-electron chi connectivity index (χ2n) is 8.22. The Balaban J connectivity index is 1.76. The lowest BCUT2D eigenvalue weighted by molar-refractivity contribution is -0.142. The summed E-state index contributed by atoms with van der Waals surface area (Å²) in [6.45, 7) is 6.64. The molecule has 0 heterocycles. The van der Waals surface area contributed by atoms with Crippen LogP contribution in [0.4, 0.5) is 0 Å². The van der Waals surface area contributed by atoms with Crippen molar-refractivity contribution in [2.75, 3.05) is 13.2 Å². The van der Waals surface area contributed by atoms with Gasteiger partial charge in [0.05, 0.1) is 4.47 Å². The van der Waals surface area contributed by atoms with Crippen LogP contribution in [0.5, 0.6) is 5.75 Å². The van der Waals surface area contributed by atoms with E-state index in [9.17, 15) is 9.59 Å². The van der Waals surface area contributed by atoms with E-state index in [1.807, 2.05) is 67.6 Å². The Kier molecular flexibility index (Phi) is 8.89. The van der Waals surface area contributed by atoms with Crippen LogP contribution in [0.25, 0.3) is 10.8 Å². The van der Waals surface area contributed by atoms with E-state index in [1.54, 1.807) is 11.8 Å². The third kappa shape index (κ3) is 6.57. The molecule has 1 atom stereocenters. The van der Waals surface area contributed by atoms with Gasteiger partial charge in [-0.3, -0.25) is 9.59 Å². The number of hydrogen-bond donors (Lipinski definition) is 1. The molecule has 3 rings (SSSR count). The van der Waals surface area contributed by atoms with E-state index in [0.717, 1.165) is 39.2 Å². The first-order chi connectivity index (χ1) is 15.9. The fourth-order valence-electron chi connectivity index (χ4n) is 3.67. The summed E-state index contributed by atoms with van der Waals surface area (Å²) in [6, 6.07) is 19.1. The topological polar surface area (TPSA) is 58.6 Å². The quantitative estimate of drug-likeness (QED) is 0.360. The van der Waals surface area contributed by atoms with Crippen molar-refractivity contribution < 1.29 is 14.3 Å². The predicted octanol–water partition coefficient (Wildman–Crippen LogP) is 5.62. The zero-order chi connectivity index (χ0) is 23.8. The fraction of sp³-hybridized carbons (Fsp3) is 0.333. The molecule has 0 spiro atoms. The zero-order valence-electron chi connectivity index (χ0n) is 19.4. The third-order valence-corrected chi connectivity index (χ3v) is 6.43. The molecule has 2 amide bonds. The Morgan fingerprint density at radius 1 is 1.09 bits per heavy atom. The van der Waals surface area contributed by atoms with Gasteiger partial charge in [-0.25, -0.2) is 0 Å². The lowest BCUT2D eigenvalue weighted by Gasteiger charge is -2.29. The van der Waals surface area contributed by atoms with Crippen LogP contribution in [0.15, 0.2) is 65.1 Å². The minimum absolute atomic E-state index is 0.156. The molecular formula is C27H31BrN2O3. The summed E-state index contributed by atoms with van der Waals surface area (Å²) >= 11 is 3.60. The first kappa shape index (κ1) is 24.8. The molecule has 1 N–H and O–H groups in total. The maximum Gasteiger partial charge on any atom is 0.261 e. The molecule has 0 aliphatic rings. The normalized spacial score (nSPS) is 11.8. The van der Waals surface area contributed by atoms with Crippen molar-refractivity contribution in [3.8, 4) is 5.75 Å². The monoisotopic (exact) mass is 510 g/mol. The number of fused-ring (bicyclic) bond motifs is 1. The molecule has 0 saturated carbocycles. The summed E-state index contributed by atoms with van der Waals surface area (Å²) in [5.41, 5.74) is 2.08. The van der Waals surface area contributed by atoms with Gasteiger partial charge in [0.1, 0.15) is 11.8 Å². The van der Waals surface area contributed by atoms with Gasteiger partial charge in [-0.15, -0.1) is 0 Å². The Morgan fingerprint density at radius 3 is 2.64 bits per heavy atom. The number of rotatable bonds is 10. The molecule has 0 bridgehead atoms. The van der Waals surface area contributed by atoms with Gasteiger partial charge >= 0.3 is 0 Å². The van der Waals surface area contributed by atoms with Crippen molar-refractivity contribution in [2.24, 2.45) is 0 Å². The number of hydrogen-bond acceptors (Lipinski definition) is 3. The van der Waals surface area contributed by atoms with Gasteiger partial charge in [0.25, 0.3) is 5.91 Å². The molecule has 0 aliphatic carbocycles. The molecule has 0 saturated heterocycles. The van der Waals surface area contributed by atoms with E-state index in [4.69, 9.17) is 4.74 Å². The molecule has 3 aromatic rings. The van der Waals surface area contributed by atoms with Gasteiger partial charge in [0, 0.05) is 13.1 Å². The van der Waals surface area contributed by atoms with E-state index in [1.165, 1.54) is 0 Å². The van der Waals surface area contributed by atoms with Gasteiger partial charge in [0.2, 0.25) is 5.91 Å². The number of ether oxygens (including phenoxy) is 1. The molecule has 33 heavy (non-hydrogen) atoms. The van der Waals surface area contributed by atoms with E-state index in [-0.39, 0.29) is 18.4 Å². The maximum absolute atomic E-state index is 13.3. The zero-order valence-corrected chi connectivity index (χ0v) is 21.0. The van der Waals surface area contributed by atoms with E-state index in [0.29, 0.717) is 18.8 Å². The molecule has 174 valence electrons. The number of unbranched alkanes of at least 4 members (excludes halogenated alkanes) is 1. The van der Waals surface area contributed by atoms with Gasteiger partial charge in [-0.05, 0) is 58.6 Å². The second-order valence-corrected chi connectivity index (χ2v) is 9.01. The molecule has 0 fully saturated rings. The second kappa shape index (κ2) is 11.8. The van der Waals surface area contributed by atoms with E-state index >= 15 is 0 Å². The summed E-state index contributed by atoms with van der Waals surface area (Å²) in [4.78, 5) is 27.6. The smallest absolute Gasteiger partial charge is 0.261 e. The Morgan fingerprint density at radius 2 is 1.88 bits per heavy atom. The molecule has 0 unspecified atom stereocenters. The number of aryl methyl sites for hydroxylation is 1. The van der Waals surface area contributed by atoms with E-state index in [2.05, 4.69) is 28.2 Å². The highest BCUT2D eigenvalue weighted by molar-refractivity contribution is 9.10. The van der Waals surface area contributed by atoms with E-state index < -0.39 is 6.04 Å². The van der Waals surface area contributed by atoms with Crippen LogP contribution in [-0.2, 0) is 16.1 Å². The minimum atomic E-state index is -0.612. The van der Waals surface area contributed by atoms with Crippen molar-refractivity contribution in [3.63, 3.8) is 0 Å². The first-order valence-electron chi connectivity index (χ1n) is 11.3. The predicted molar refractivity (Wildman–Crippen MR) is 136 cm³/mol. The molecule has 0 radical (unpaired) electrons. The van der Waals surface area contributed by atoms with Crippen molar-refractivity contribution in [2.45, 2.75) is 46.2 Å². The van der Waals surface area contributed by atoms with Crippen LogP contribution in [0, 0.1) is 6.92 Å². The lowest BCUT2D eigenvalue weighted by Crippen LogP contribution is -2.49. The summed E-state index contributed by atoms with van der Waals surface area (Å²) in [6.07, 6.45) is 1.90. The van der Waals surface area contributed by atoms with Crippen LogP contribution < -0.4 is 10.1 Å². The molecule has 0 aliphatic heterocycles. The van der Waals surface area contributed by atoms with Gasteiger partial charge in [-0.2, -0.15) is 0 Å². The number of amides is 2. The number of nitrogens with one attached hydrogen (secondary N) is 1. The molecule has 5 nitrogen and oxygen atoms in total. The maximum atomic E-state index is 13.3. The highest BCUT2D eigenvalue weighted by Gasteiger charge is 2.26. The number of nitrogens with zero attached hydrogens (tertiary/aromatic N) is 1. The highest BCUT2D eigenvalue weighted by atomic mass is 79.9. The number of carbonyl (C=O) groups excluding carboxylic acids is 2. The number of halogens is 1. The lowest BCUT2D eigenvalue weighted by atomic mass is 10.1. The number of benzene rings is 3. The van der Waals surface area contributed by atoms with Crippen LogP contribution in [0.3, 0.4) is 0 Å². The average Bonchev–Trinajstić information content (AvgIpc) is 2.82. The van der Waals surface area contributed by atoms with Crippen LogP contribution in [0.1, 0.15) is 37.8 Å². The summed E-state index contributed by atoms with van der Waals surface area (Å²) in [7, 11) is 0. The van der Waals surface area contributed by atoms with Gasteiger partial charge in [-0.1, -0.05) is 73.5 Å². The van der Waals surface area contributed by atoms with Crippen molar-refractivity contribution in [1.82, 2.24) is 10.2 Å². The standard InChI is InChI=1S/C27H31BrN2O3/c1-4-5-15-29-27(32)20(3)30(17-21-10-8-9-19(2)16-21)25(31)18-33-24-14-13-22-11-6-7-12-23(22)26(24)28/h6-14,16,20H,4-5,15,17-18H2,1-3H3,(H,29,32)/t20-/m0/s1. The summed E-state index contributed by atoms with van der Waals surface area (Å²) in [5, 5.41) is 5.04. The van der Waals surface area contributed by atoms with Gasteiger partial charge in [0.15, 0.2) is 6.61 Å². The SMILES string of the molecule is CCCCNC(=O)[C@H](C)N(Cc1cccc(C)c1)C(=O)COc1ccc2ccccc2c1Br. The molecular weight excluding hydrogens is 480 g/mol. The average molecular weight is 511 g/mol. The number of carbonyl (C=O) groups is 2. The molecule has 6 heteroatoms. The Bertz CT molecular complexity index is 1120. The summed E-state index contributed by atoms with van der Waals surface area (Å²) in [5.74, 6) is 0.198. The highest BCUT2D eigenvalue weighted by Crippen LogP contribution is 2.33. The summed E-state index contributed by atoms with van der Waals surface area (Å²) < 4.78 is 6.72. The van der Waals surface area contributed by atoms with Crippen LogP contribution >= 0.6 is 15.9 Å².